The summed E-state index contributed by atoms with van der Waals surface area (Å²) in [5, 5.41) is 3.97. The van der Waals surface area contributed by atoms with Gasteiger partial charge in [0, 0.05) is 47.1 Å². The third-order valence-corrected chi connectivity index (χ3v) is 6.24. The molecule has 2 heteroatoms. The van der Waals surface area contributed by atoms with Crippen molar-refractivity contribution >= 4 is 43.4 Å². The zero-order valence-corrected chi connectivity index (χ0v) is 17.2. The van der Waals surface area contributed by atoms with E-state index < -0.39 is 13.7 Å². The first-order valence-corrected chi connectivity index (χ1v) is 10.2. The number of pyridine rings is 1. The topological polar surface area (TPSA) is 26.0 Å². The number of aromatic nitrogens is 1. The number of rotatable bonds is 1. The quantitative estimate of drug-likeness (QED) is 0.257. The van der Waals surface area contributed by atoms with E-state index in [1.165, 1.54) is 12.3 Å². The molecule has 4 aromatic carbocycles. The average molecular weight is 408 g/mol. The van der Waals surface area contributed by atoms with E-state index in [1.807, 2.05) is 62.4 Å². The molecule has 0 saturated carbocycles. The lowest BCUT2D eigenvalue weighted by Gasteiger charge is -2.11. The van der Waals surface area contributed by atoms with E-state index in [-0.39, 0.29) is 11.1 Å². The Morgan fingerprint density at radius 1 is 0.710 bits per heavy atom. The van der Waals surface area contributed by atoms with E-state index in [0.717, 1.165) is 32.8 Å². The van der Waals surface area contributed by atoms with Crippen LogP contribution in [-0.4, -0.2) is 4.98 Å². The second-order valence-electron chi connectivity index (χ2n) is 8.07. The molecule has 0 atom stereocenters. The van der Waals surface area contributed by atoms with Crippen LogP contribution in [0.25, 0.3) is 54.7 Å². The Hall–Kier alpha value is -3.65. The molecule has 6 rings (SSSR count). The fourth-order valence-corrected chi connectivity index (χ4v) is 4.83. The van der Waals surface area contributed by atoms with Gasteiger partial charge in [0.1, 0.15) is 11.3 Å². The number of hydrogen-bond acceptors (Lipinski definition) is 2. The van der Waals surface area contributed by atoms with Crippen LogP contribution in [0.5, 0.6) is 0 Å². The van der Waals surface area contributed by atoms with Crippen molar-refractivity contribution in [3.8, 4) is 11.3 Å². The zero-order chi connectivity index (χ0) is 26.3. The van der Waals surface area contributed by atoms with Gasteiger partial charge in [0.15, 0.2) is 0 Å². The van der Waals surface area contributed by atoms with E-state index in [0.29, 0.717) is 33.0 Å². The summed E-state index contributed by atoms with van der Waals surface area (Å²) in [6.07, 6.45) is 1.51. The van der Waals surface area contributed by atoms with Gasteiger partial charge in [-0.2, -0.15) is 0 Å². The van der Waals surface area contributed by atoms with E-state index in [4.69, 9.17) is 12.6 Å². The summed E-state index contributed by atoms with van der Waals surface area (Å²) in [5.41, 5.74) is 3.71. The van der Waals surface area contributed by atoms with Gasteiger partial charge in [-0.3, -0.25) is 4.98 Å². The molecule has 2 nitrogen and oxygen atoms in total. The lowest BCUT2D eigenvalue weighted by molar-refractivity contribution is 0.631. The highest BCUT2D eigenvalue weighted by atomic mass is 16.3. The van der Waals surface area contributed by atoms with Crippen LogP contribution >= 0.6 is 0 Å². The number of fused-ring (bicyclic) bond motifs is 8. The van der Waals surface area contributed by atoms with Gasteiger partial charge in [0.05, 0.1) is 5.52 Å². The molecule has 0 amide bonds. The smallest absolute Gasteiger partial charge is 0.143 e. The Bertz CT molecular complexity index is 1860. The first-order chi connectivity index (χ1) is 17.5. The molecule has 2 heterocycles. The van der Waals surface area contributed by atoms with Crippen molar-refractivity contribution in [1.29, 1.82) is 0 Å². The zero-order valence-electron chi connectivity index (χ0n) is 23.2. The summed E-state index contributed by atoms with van der Waals surface area (Å²) in [7, 11) is 0. The first kappa shape index (κ1) is 12.9. The molecule has 6 aromatic rings. The highest BCUT2D eigenvalue weighted by Gasteiger charge is 2.21. The van der Waals surface area contributed by atoms with E-state index >= 15 is 0 Å². The van der Waals surface area contributed by atoms with Gasteiger partial charge in [-0.1, -0.05) is 54.6 Å². The molecule has 0 spiro atoms. The van der Waals surface area contributed by atoms with Crippen molar-refractivity contribution in [2.45, 2.75) is 27.6 Å². The van der Waals surface area contributed by atoms with E-state index in [9.17, 15) is 0 Å². The fraction of sp³-hybridized carbons (Fsp3) is 0.138. The fourth-order valence-electron chi connectivity index (χ4n) is 4.83. The largest absolute Gasteiger partial charge is 0.455 e. The van der Waals surface area contributed by atoms with Crippen LogP contribution in [0.1, 0.15) is 30.5 Å². The molecule has 0 bridgehead atoms. The maximum atomic E-state index is 8.42. The second-order valence-corrected chi connectivity index (χ2v) is 8.07. The molecule has 31 heavy (non-hydrogen) atoms. The molecule has 0 saturated heterocycles. The summed E-state index contributed by atoms with van der Waals surface area (Å²) in [5.74, 6) is 0.290. The van der Waals surface area contributed by atoms with Crippen LogP contribution < -0.4 is 0 Å². The average Bonchev–Trinajstić information content (AvgIpc) is 3.22. The standard InChI is InChI=1S/C29H23NO/c1-16-8-7-9-17(2)24(16)28-19(4)20-12-13-22-21-10-5-6-11-23(21)27-25(18(3)14-15-30-27)26(22)29(20)31-28/h5-15H,1-4H3/i3D3,4D3. The highest BCUT2D eigenvalue weighted by Crippen LogP contribution is 2.44. The first-order valence-electron chi connectivity index (χ1n) is 13.2. The molecule has 150 valence electrons. The predicted octanol–water partition coefficient (Wildman–Crippen LogP) is 8.19. The van der Waals surface area contributed by atoms with Gasteiger partial charge >= 0.3 is 0 Å². The van der Waals surface area contributed by atoms with Crippen molar-refractivity contribution in [3.63, 3.8) is 0 Å². The maximum absolute atomic E-state index is 8.42. The molecule has 0 aliphatic carbocycles. The van der Waals surface area contributed by atoms with Crippen LogP contribution in [0.3, 0.4) is 0 Å². The number of hydrogen-bond donors (Lipinski definition) is 0. The van der Waals surface area contributed by atoms with Gasteiger partial charge < -0.3 is 4.42 Å². The van der Waals surface area contributed by atoms with E-state index in [2.05, 4.69) is 4.98 Å². The number of aryl methyl sites for hydroxylation is 4. The van der Waals surface area contributed by atoms with Gasteiger partial charge in [-0.05, 0) is 61.1 Å². The van der Waals surface area contributed by atoms with Gasteiger partial charge in [-0.15, -0.1) is 0 Å². The lowest BCUT2D eigenvalue weighted by Crippen LogP contribution is -1.89. The predicted molar refractivity (Wildman–Crippen MR) is 131 cm³/mol. The Balaban J connectivity index is 1.94. The summed E-state index contributed by atoms with van der Waals surface area (Å²) < 4.78 is 56.6. The summed E-state index contributed by atoms with van der Waals surface area (Å²) in [4.78, 5) is 4.60. The Labute approximate surface area is 189 Å². The molecular formula is C29H23NO. The van der Waals surface area contributed by atoms with Crippen LogP contribution in [0.2, 0.25) is 0 Å². The molecule has 0 radical (unpaired) electrons. The monoisotopic (exact) mass is 407 g/mol. The van der Waals surface area contributed by atoms with Crippen molar-refractivity contribution in [1.82, 2.24) is 4.98 Å². The second kappa shape index (κ2) is 6.42. The third-order valence-electron chi connectivity index (χ3n) is 6.24. The van der Waals surface area contributed by atoms with Crippen LogP contribution in [0.4, 0.5) is 0 Å². The third kappa shape index (κ3) is 2.42. The minimum absolute atomic E-state index is 0.127. The van der Waals surface area contributed by atoms with Crippen molar-refractivity contribution in [2.75, 3.05) is 0 Å². The minimum Gasteiger partial charge on any atom is -0.455 e. The highest BCUT2D eigenvalue weighted by molar-refractivity contribution is 6.30. The molecule has 0 aliphatic rings. The van der Waals surface area contributed by atoms with Crippen LogP contribution in [0.15, 0.2) is 71.3 Å². The van der Waals surface area contributed by atoms with Crippen LogP contribution in [-0.2, 0) is 0 Å². The van der Waals surface area contributed by atoms with E-state index in [1.54, 1.807) is 6.07 Å². The van der Waals surface area contributed by atoms with Crippen molar-refractivity contribution < 1.29 is 12.6 Å². The van der Waals surface area contributed by atoms with Gasteiger partial charge in [0.2, 0.25) is 0 Å². The Kier molecular flexibility index (Phi) is 2.67. The normalized spacial score (nSPS) is 15.5. The SMILES string of the molecule is [2H]C([2H])([2H])c1c(-c2c(C)cccc2C)oc2c1ccc1c3ccccc3c3nccc(C([2H])([2H])[2H])c3c12. The maximum Gasteiger partial charge on any atom is 0.143 e. The van der Waals surface area contributed by atoms with Gasteiger partial charge in [0.25, 0.3) is 0 Å². The van der Waals surface area contributed by atoms with Crippen LogP contribution in [0, 0.1) is 27.6 Å². The summed E-state index contributed by atoms with van der Waals surface area (Å²) in [6.45, 7) is -1.01. The minimum atomic E-state index is -2.46. The van der Waals surface area contributed by atoms with Gasteiger partial charge in [-0.25, -0.2) is 0 Å². The molecule has 0 unspecified atom stereocenters. The molecular weight excluding hydrogens is 378 g/mol. The molecule has 0 fully saturated rings. The lowest BCUT2D eigenvalue weighted by atomic mass is 9.93. The van der Waals surface area contributed by atoms with Crippen molar-refractivity contribution in [2.24, 2.45) is 0 Å². The number of nitrogens with zero attached hydrogens (tertiary/aromatic N) is 1. The Morgan fingerprint density at radius 2 is 1.48 bits per heavy atom. The summed E-state index contributed by atoms with van der Waals surface area (Å²) >= 11 is 0. The number of furan rings is 1. The molecule has 0 N–H and O–H groups in total. The molecule has 2 aromatic heterocycles. The Morgan fingerprint density at radius 3 is 2.26 bits per heavy atom. The summed E-state index contributed by atoms with van der Waals surface area (Å²) in [6, 6.07) is 18.7. The molecule has 0 aliphatic heterocycles. The number of benzene rings is 4. The van der Waals surface area contributed by atoms with Crippen molar-refractivity contribution in [3.05, 3.63) is 89.1 Å².